The summed E-state index contributed by atoms with van der Waals surface area (Å²) in [5.74, 6) is -0.309. The molecular formula is C28H32N4O3. The molecule has 0 atom stereocenters. The number of carbonyl (C=O) groups is 2. The van der Waals surface area contributed by atoms with Crippen molar-refractivity contribution in [2.45, 2.75) is 20.5 Å². The summed E-state index contributed by atoms with van der Waals surface area (Å²) < 4.78 is 5.80. The van der Waals surface area contributed by atoms with Gasteiger partial charge in [0.2, 0.25) is 0 Å². The molecule has 1 heterocycles. The quantitative estimate of drug-likeness (QED) is 0.516. The number of aryl methyl sites for hydroxylation is 1. The van der Waals surface area contributed by atoms with Crippen LogP contribution in [0.25, 0.3) is 0 Å². The van der Waals surface area contributed by atoms with Crippen LogP contribution in [0, 0.1) is 6.92 Å². The van der Waals surface area contributed by atoms with Crippen molar-refractivity contribution in [1.29, 1.82) is 0 Å². The molecule has 7 heteroatoms. The molecule has 0 aliphatic carbocycles. The standard InChI is InChI=1S/C28H32N4O3/c1-3-31-13-15-32(16-14-31)23-11-12-25(20(2)17-23)30-28(34)22-8-6-7-21(18-22)19-35-26-10-5-4-9-24(26)27(29)33/h4-12,17-18H,3,13-16,19H2,1-2H3,(H2,29,33)(H,30,34). The van der Waals surface area contributed by atoms with Crippen LogP contribution in [0.1, 0.15) is 38.8 Å². The first kappa shape index (κ1) is 24.3. The van der Waals surface area contributed by atoms with Crippen LogP contribution in [0.3, 0.4) is 0 Å². The second-order valence-electron chi connectivity index (χ2n) is 8.72. The minimum Gasteiger partial charge on any atom is -0.488 e. The highest BCUT2D eigenvalue weighted by Crippen LogP contribution is 2.25. The zero-order valence-electron chi connectivity index (χ0n) is 20.3. The van der Waals surface area contributed by atoms with E-state index in [0.717, 1.165) is 49.5 Å². The maximum absolute atomic E-state index is 13.0. The third-order valence-electron chi connectivity index (χ3n) is 6.38. The predicted octanol–water partition coefficient (Wildman–Crippen LogP) is 4.07. The first-order valence-corrected chi connectivity index (χ1v) is 11.9. The minimum absolute atomic E-state index is 0.184. The van der Waals surface area contributed by atoms with Gasteiger partial charge < -0.3 is 25.6 Å². The molecule has 4 rings (SSSR count). The van der Waals surface area contributed by atoms with E-state index in [1.165, 1.54) is 5.69 Å². The van der Waals surface area contributed by atoms with Crippen LogP contribution in [-0.2, 0) is 6.61 Å². The number of hydrogen-bond acceptors (Lipinski definition) is 5. The van der Waals surface area contributed by atoms with Crippen LogP contribution in [-0.4, -0.2) is 49.4 Å². The normalized spacial score (nSPS) is 13.9. The highest BCUT2D eigenvalue weighted by Gasteiger charge is 2.17. The molecule has 7 nitrogen and oxygen atoms in total. The van der Waals surface area contributed by atoms with Crippen LogP contribution < -0.4 is 20.7 Å². The fourth-order valence-corrected chi connectivity index (χ4v) is 4.26. The summed E-state index contributed by atoms with van der Waals surface area (Å²) in [4.78, 5) is 29.4. The monoisotopic (exact) mass is 472 g/mol. The highest BCUT2D eigenvalue weighted by molar-refractivity contribution is 6.04. The van der Waals surface area contributed by atoms with Crippen molar-refractivity contribution in [3.8, 4) is 5.75 Å². The molecule has 0 saturated carbocycles. The maximum atomic E-state index is 13.0. The van der Waals surface area contributed by atoms with Crippen LogP contribution >= 0.6 is 0 Å². The van der Waals surface area contributed by atoms with Crippen LogP contribution in [0.2, 0.25) is 0 Å². The van der Waals surface area contributed by atoms with Crippen molar-refractivity contribution in [2.75, 3.05) is 42.9 Å². The zero-order valence-corrected chi connectivity index (χ0v) is 20.3. The summed E-state index contributed by atoms with van der Waals surface area (Å²) in [6.45, 7) is 9.68. The number of amides is 2. The fourth-order valence-electron chi connectivity index (χ4n) is 4.26. The van der Waals surface area contributed by atoms with Crippen molar-refractivity contribution in [1.82, 2.24) is 4.90 Å². The van der Waals surface area contributed by atoms with Gasteiger partial charge in [-0.1, -0.05) is 31.2 Å². The first-order chi connectivity index (χ1) is 16.9. The molecule has 0 unspecified atom stereocenters. The van der Waals surface area contributed by atoms with E-state index in [9.17, 15) is 9.59 Å². The Labute approximate surface area is 206 Å². The molecule has 0 aromatic heterocycles. The van der Waals surface area contributed by atoms with Crippen molar-refractivity contribution in [3.05, 3.63) is 89.0 Å². The predicted molar refractivity (Wildman–Crippen MR) is 139 cm³/mol. The molecule has 0 radical (unpaired) electrons. The molecule has 3 aromatic carbocycles. The van der Waals surface area contributed by atoms with E-state index >= 15 is 0 Å². The lowest BCUT2D eigenvalue weighted by Crippen LogP contribution is -2.46. The molecule has 0 spiro atoms. The molecule has 1 saturated heterocycles. The summed E-state index contributed by atoms with van der Waals surface area (Å²) in [7, 11) is 0. The van der Waals surface area contributed by atoms with Gasteiger partial charge in [-0.25, -0.2) is 0 Å². The number of piperazine rings is 1. The fraction of sp³-hybridized carbons (Fsp3) is 0.286. The number of nitrogens with two attached hydrogens (primary N) is 1. The number of nitrogens with zero attached hydrogens (tertiary/aromatic N) is 2. The van der Waals surface area contributed by atoms with Crippen molar-refractivity contribution >= 4 is 23.2 Å². The van der Waals surface area contributed by atoms with Crippen molar-refractivity contribution < 1.29 is 14.3 Å². The van der Waals surface area contributed by atoms with Crippen LogP contribution in [0.4, 0.5) is 11.4 Å². The number of para-hydroxylation sites is 1. The van der Waals surface area contributed by atoms with E-state index in [2.05, 4.69) is 34.2 Å². The Bertz CT molecular complexity index is 1200. The first-order valence-electron chi connectivity index (χ1n) is 11.9. The Morgan fingerprint density at radius 1 is 0.971 bits per heavy atom. The van der Waals surface area contributed by atoms with Gasteiger partial charge in [0.25, 0.3) is 11.8 Å². The SMILES string of the molecule is CCN1CCN(c2ccc(NC(=O)c3cccc(COc4ccccc4C(N)=O)c3)c(C)c2)CC1. The van der Waals surface area contributed by atoms with E-state index < -0.39 is 5.91 Å². The lowest BCUT2D eigenvalue weighted by Gasteiger charge is -2.35. The highest BCUT2D eigenvalue weighted by atomic mass is 16.5. The van der Waals surface area contributed by atoms with Gasteiger partial charge in [-0.05, 0) is 67.1 Å². The van der Waals surface area contributed by atoms with E-state index in [4.69, 9.17) is 10.5 Å². The third kappa shape index (κ3) is 6.00. The summed E-state index contributed by atoms with van der Waals surface area (Å²) >= 11 is 0. The topological polar surface area (TPSA) is 87.9 Å². The summed E-state index contributed by atoms with van der Waals surface area (Å²) in [5.41, 5.74) is 10.1. The van der Waals surface area contributed by atoms with Gasteiger partial charge in [-0.3, -0.25) is 9.59 Å². The summed E-state index contributed by atoms with van der Waals surface area (Å²) in [6, 6.07) is 20.3. The zero-order chi connectivity index (χ0) is 24.8. The van der Waals surface area contributed by atoms with E-state index in [-0.39, 0.29) is 12.5 Å². The van der Waals surface area contributed by atoms with Gasteiger partial charge in [-0.15, -0.1) is 0 Å². The molecule has 1 fully saturated rings. The molecular weight excluding hydrogens is 440 g/mol. The number of likely N-dealkylation sites (N-methyl/N-ethyl adjacent to an activating group) is 1. The number of rotatable bonds is 8. The van der Waals surface area contributed by atoms with Gasteiger partial charge in [0.15, 0.2) is 0 Å². The average molecular weight is 473 g/mol. The Morgan fingerprint density at radius 3 is 2.46 bits per heavy atom. The average Bonchev–Trinajstić information content (AvgIpc) is 2.89. The minimum atomic E-state index is -0.543. The number of hydrogen-bond donors (Lipinski definition) is 2. The van der Waals surface area contributed by atoms with Gasteiger partial charge in [0.1, 0.15) is 12.4 Å². The van der Waals surface area contributed by atoms with Crippen LogP contribution in [0.5, 0.6) is 5.75 Å². The number of primary amides is 1. The number of carbonyl (C=O) groups excluding carboxylic acids is 2. The summed E-state index contributed by atoms with van der Waals surface area (Å²) in [6.07, 6.45) is 0. The molecule has 3 N–H and O–H groups in total. The lowest BCUT2D eigenvalue weighted by atomic mass is 10.1. The molecule has 35 heavy (non-hydrogen) atoms. The number of ether oxygens (including phenoxy) is 1. The van der Waals surface area contributed by atoms with Crippen molar-refractivity contribution in [2.24, 2.45) is 5.73 Å². The smallest absolute Gasteiger partial charge is 0.255 e. The largest absolute Gasteiger partial charge is 0.488 e. The molecule has 0 bridgehead atoms. The Morgan fingerprint density at radius 2 is 1.74 bits per heavy atom. The van der Waals surface area contributed by atoms with E-state index in [0.29, 0.717) is 16.9 Å². The molecule has 1 aliphatic rings. The molecule has 1 aliphatic heterocycles. The van der Waals surface area contributed by atoms with Gasteiger partial charge in [-0.2, -0.15) is 0 Å². The van der Waals surface area contributed by atoms with Crippen LogP contribution in [0.15, 0.2) is 66.7 Å². The van der Waals surface area contributed by atoms with Gasteiger partial charge in [0, 0.05) is 43.1 Å². The number of benzene rings is 3. The molecule has 182 valence electrons. The second kappa shape index (κ2) is 11.1. The molecule has 3 aromatic rings. The Hall–Kier alpha value is -3.84. The second-order valence-corrected chi connectivity index (χ2v) is 8.72. The van der Waals surface area contributed by atoms with E-state index in [1.54, 1.807) is 36.4 Å². The third-order valence-corrected chi connectivity index (χ3v) is 6.38. The maximum Gasteiger partial charge on any atom is 0.255 e. The Balaban J connectivity index is 1.40. The summed E-state index contributed by atoms with van der Waals surface area (Å²) in [5, 5.41) is 3.03. The number of nitrogens with one attached hydrogen (secondary N) is 1. The Kier molecular flexibility index (Phi) is 7.67. The number of anilines is 2. The van der Waals surface area contributed by atoms with Crippen molar-refractivity contribution in [3.63, 3.8) is 0 Å². The van der Waals surface area contributed by atoms with E-state index in [1.807, 2.05) is 25.1 Å². The molecule has 2 amide bonds. The lowest BCUT2D eigenvalue weighted by molar-refractivity contribution is 0.0994. The van der Waals surface area contributed by atoms with Gasteiger partial charge in [0.05, 0.1) is 5.56 Å². The van der Waals surface area contributed by atoms with Gasteiger partial charge >= 0.3 is 0 Å².